The second-order valence-corrected chi connectivity index (χ2v) is 11.1. The monoisotopic (exact) mass is 567 g/mol. The summed E-state index contributed by atoms with van der Waals surface area (Å²) in [4.78, 5) is 29.0. The van der Waals surface area contributed by atoms with Gasteiger partial charge in [-0.3, -0.25) is 0 Å². The summed E-state index contributed by atoms with van der Waals surface area (Å²) in [6, 6.07) is 9.99. The number of carbonyl (C=O) groups is 2. The summed E-state index contributed by atoms with van der Waals surface area (Å²) in [5, 5.41) is 13.7. The molecule has 0 bridgehead atoms. The van der Waals surface area contributed by atoms with Gasteiger partial charge in [-0.15, -0.1) is 6.58 Å². The Morgan fingerprint density at radius 1 is 1.07 bits per heavy atom. The number of aromatic carboxylic acids is 1. The molecule has 0 fully saturated rings. The molecular weight excluding hydrogens is 529 g/mol. The van der Waals surface area contributed by atoms with E-state index >= 15 is 0 Å². The van der Waals surface area contributed by atoms with E-state index in [1.54, 1.807) is 23.2 Å². The number of nitrogens with zero attached hydrogens (tertiary/aromatic N) is 3. The van der Waals surface area contributed by atoms with Crippen molar-refractivity contribution >= 4 is 11.9 Å². The third-order valence-corrected chi connectivity index (χ3v) is 7.52. The van der Waals surface area contributed by atoms with E-state index in [0.717, 1.165) is 0 Å². The maximum atomic E-state index is 13.7. The van der Waals surface area contributed by atoms with Crippen LogP contribution in [0.25, 0.3) is 0 Å². The Bertz CT molecular complexity index is 1340. The summed E-state index contributed by atoms with van der Waals surface area (Å²) < 4.78 is 32.8. The molecule has 41 heavy (non-hydrogen) atoms. The molecule has 0 saturated heterocycles. The maximum Gasteiger partial charge on any atom is 0.338 e. The molecule has 9 nitrogen and oxygen atoms in total. The van der Waals surface area contributed by atoms with E-state index in [4.69, 9.17) is 14.2 Å². The van der Waals surface area contributed by atoms with E-state index in [-0.39, 0.29) is 16.9 Å². The molecule has 3 rings (SSSR count). The predicted molar refractivity (Wildman–Crippen MR) is 152 cm³/mol. The number of methoxy groups -OCH3 is 1. The number of hydrogen-bond acceptors (Lipinski definition) is 7. The van der Waals surface area contributed by atoms with Gasteiger partial charge in [0.25, 0.3) is 0 Å². The zero-order valence-electron chi connectivity index (χ0n) is 24.2. The Hall–Kier alpha value is -4.21. The number of halogens is 1. The van der Waals surface area contributed by atoms with Crippen LogP contribution in [0.15, 0.2) is 67.8 Å². The standard InChI is InChI=1S/C31H38FN3O6/c1-7-16-31(29(2,3)4,41-28(38)23-12-10-22(11-13-23)27(36)37)30(5,35-21-33-20-34-35)17-8-9-18-40-24-14-15-25(32)26(19-24)39-6/h7,10-15,19-21H,1,8-9,16-18H2,2-6H3,(H,36,37). The van der Waals surface area contributed by atoms with Crippen LogP contribution in [0.2, 0.25) is 0 Å². The lowest BCUT2D eigenvalue weighted by molar-refractivity contribution is -0.154. The minimum atomic E-state index is -1.14. The summed E-state index contributed by atoms with van der Waals surface area (Å²) in [5.41, 5.74) is -2.30. The summed E-state index contributed by atoms with van der Waals surface area (Å²) >= 11 is 0. The quantitative estimate of drug-likeness (QED) is 0.137. The van der Waals surface area contributed by atoms with Gasteiger partial charge in [0, 0.05) is 17.9 Å². The third-order valence-electron chi connectivity index (χ3n) is 7.52. The predicted octanol–water partition coefficient (Wildman–Crippen LogP) is 6.31. The highest BCUT2D eigenvalue weighted by atomic mass is 19.1. The normalized spacial score (nSPS) is 14.4. The number of esters is 1. The van der Waals surface area contributed by atoms with Crippen LogP contribution in [0, 0.1) is 11.2 Å². The zero-order valence-corrected chi connectivity index (χ0v) is 24.2. The molecule has 0 aliphatic rings. The van der Waals surface area contributed by atoms with Gasteiger partial charge < -0.3 is 19.3 Å². The lowest BCUT2D eigenvalue weighted by Crippen LogP contribution is -2.63. The molecule has 0 spiro atoms. The molecule has 1 heterocycles. The van der Waals surface area contributed by atoms with Gasteiger partial charge in [-0.25, -0.2) is 23.6 Å². The van der Waals surface area contributed by atoms with Gasteiger partial charge in [-0.1, -0.05) is 26.8 Å². The van der Waals surface area contributed by atoms with E-state index in [0.29, 0.717) is 38.0 Å². The highest BCUT2D eigenvalue weighted by molar-refractivity contribution is 5.92. The maximum absolute atomic E-state index is 13.7. The first kappa shape index (κ1) is 31.3. The fourth-order valence-electron chi connectivity index (χ4n) is 5.26. The Labute approximate surface area is 240 Å². The number of benzene rings is 2. The van der Waals surface area contributed by atoms with Crippen LogP contribution in [0.3, 0.4) is 0 Å². The van der Waals surface area contributed by atoms with Crippen LogP contribution in [0.4, 0.5) is 4.39 Å². The number of aromatic nitrogens is 3. The van der Waals surface area contributed by atoms with E-state index in [1.165, 1.54) is 49.8 Å². The Morgan fingerprint density at radius 2 is 1.76 bits per heavy atom. The van der Waals surface area contributed by atoms with Crippen molar-refractivity contribution in [3.63, 3.8) is 0 Å². The fourth-order valence-corrected chi connectivity index (χ4v) is 5.26. The van der Waals surface area contributed by atoms with Crippen LogP contribution < -0.4 is 9.47 Å². The van der Waals surface area contributed by atoms with Crippen molar-refractivity contribution in [2.45, 2.75) is 64.5 Å². The zero-order chi connectivity index (χ0) is 30.3. The Kier molecular flexibility index (Phi) is 9.91. The lowest BCUT2D eigenvalue weighted by Gasteiger charge is -2.54. The average Bonchev–Trinajstić information content (AvgIpc) is 3.48. The summed E-state index contributed by atoms with van der Waals surface area (Å²) in [5.74, 6) is -1.52. The van der Waals surface area contributed by atoms with Crippen molar-refractivity contribution in [3.8, 4) is 11.5 Å². The minimum absolute atomic E-state index is 0.0727. The highest BCUT2D eigenvalue weighted by Gasteiger charge is 2.59. The van der Waals surface area contributed by atoms with Crippen LogP contribution in [0.1, 0.15) is 74.1 Å². The molecule has 10 heteroatoms. The third kappa shape index (κ3) is 6.75. The van der Waals surface area contributed by atoms with Gasteiger partial charge in [-0.2, -0.15) is 5.10 Å². The van der Waals surface area contributed by atoms with E-state index in [9.17, 15) is 19.1 Å². The van der Waals surface area contributed by atoms with Crippen molar-refractivity contribution in [1.82, 2.24) is 14.8 Å². The van der Waals surface area contributed by atoms with E-state index in [1.807, 2.05) is 27.7 Å². The van der Waals surface area contributed by atoms with E-state index < -0.39 is 34.3 Å². The van der Waals surface area contributed by atoms with Crippen molar-refractivity contribution in [2.75, 3.05) is 13.7 Å². The molecule has 0 amide bonds. The van der Waals surface area contributed by atoms with Gasteiger partial charge in [0.15, 0.2) is 11.6 Å². The first-order valence-corrected chi connectivity index (χ1v) is 13.4. The molecule has 0 aliphatic carbocycles. The van der Waals surface area contributed by atoms with E-state index in [2.05, 4.69) is 16.7 Å². The average molecular weight is 568 g/mol. The summed E-state index contributed by atoms with van der Waals surface area (Å²) in [7, 11) is 1.40. The summed E-state index contributed by atoms with van der Waals surface area (Å²) in [6.45, 7) is 12.3. The number of rotatable bonds is 14. The molecule has 3 aromatic rings. The van der Waals surface area contributed by atoms with Crippen LogP contribution in [-0.2, 0) is 10.3 Å². The first-order valence-electron chi connectivity index (χ1n) is 13.4. The van der Waals surface area contributed by atoms with Gasteiger partial charge >= 0.3 is 11.9 Å². The molecular formula is C31H38FN3O6. The van der Waals surface area contributed by atoms with Crippen LogP contribution >= 0.6 is 0 Å². The summed E-state index contributed by atoms with van der Waals surface area (Å²) in [6.07, 6.45) is 6.97. The number of carboxylic acids is 1. The second-order valence-electron chi connectivity index (χ2n) is 11.1. The number of carbonyl (C=O) groups excluding carboxylic acids is 1. The fraction of sp³-hybridized carbons (Fsp3) is 0.419. The molecule has 1 N–H and O–H groups in total. The molecule has 0 saturated carbocycles. The molecule has 0 radical (unpaired) electrons. The first-order chi connectivity index (χ1) is 19.4. The minimum Gasteiger partial charge on any atom is -0.494 e. The van der Waals surface area contributed by atoms with Gasteiger partial charge in [0.2, 0.25) is 0 Å². The molecule has 2 atom stereocenters. The van der Waals surface area contributed by atoms with Gasteiger partial charge in [0.1, 0.15) is 29.5 Å². The Morgan fingerprint density at radius 3 is 2.32 bits per heavy atom. The van der Waals surface area contributed by atoms with Crippen molar-refractivity contribution in [2.24, 2.45) is 5.41 Å². The SMILES string of the molecule is C=CCC(OC(=O)c1ccc(C(=O)O)cc1)(C(C)(C)C)C(C)(CCCCOc1ccc(F)c(OC)c1)n1cncn1. The molecule has 220 valence electrons. The topological polar surface area (TPSA) is 113 Å². The van der Waals surface area contributed by atoms with Gasteiger partial charge in [0.05, 0.1) is 24.8 Å². The van der Waals surface area contributed by atoms with Crippen molar-refractivity contribution < 1.29 is 33.3 Å². The number of carboxylic acid groups (broad SMARTS) is 1. The van der Waals surface area contributed by atoms with Crippen LogP contribution in [-0.4, -0.2) is 51.1 Å². The number of hydrogen-bond donors (Lipinski definition) is 1. The second kappa shape index (κ2) is 13.0. The number of unbranched alkanes of at least 4 members (excludes halogenated alkanes) is 1. The van der Waals surface area contributed by atoms with Crippen molar-refractivity contribution in [3.05, 3.63) is 84.7 Å². The largest absolute Gasteiger partial charge is 0.494 e. The van der Waals surface area contributed by atoms with Crippen LogP contribution in [0.5, 0.6) is 11.5 Å². The van der Waals surface area contributed by atoms with Crippen molar-refractivity contribution in [1.29, 1.82) is 0 Å². The lowest BCUT2D eigenvalue weighted by atomic mass is 9.61. The smallest absolute Gasteiger partial charge is 0.338 e. The molecule has 1 aromatic heterocycles. The Balaban J connectivity index is 1.89. The molecule has 2 aromatic carbocycles. The number of ether oxygens (including phenoxy) is 3. The highest BCUT2D eigenvalue weighted by Crippen LogP contribution is 2.51. The molecule has 0 aliphatic heterocycles. The molecule has 2 unspecified atom stereocenters. The van der Waals surface area contributed by atoms with Gasteiger partial charge in [-0.05, 0) is 62.6 Å².